The second-order valence-electron chi connectivity index (χ2n) is 9.99. The van der Waals surface area contributed by atoms with Crippen LogP contribution in [0.3, 0.4) is 0 Å². The van der Waals surface area contributed by atoms with Gasteiger partial charge in [0.15, 0.2) is 0 Å². The van der Waals surface area contributed by atoms with Gasteiger partial charge in [0.2, 0.25) is 0 Å². The fourth-order valence-electron chi connectivity index (χ4n) is 4.14. The molecule has 152 valence electrons. The molecule has 0 N–H and O–H groups in total. The van der Waals surface area contributed by atoms with Crippen LogP contribution in [0.4, 0.5) is 0 Å². The fraction of sp³-hybridized carbons (Fsp3) is 1.00. The summed E-state index contributed by atoms with van der Waals surface area (Å²) < 4.78 is 0. The van der Waals surface area contributed by atoms with Crippen molar-refractivity contribution in [2.75, 3.05) is 0 Å². The molecule has 0 heteroatoms. The van der Waals surface area contributed by atoms with E-state index in [1.807, 2.05) is 0 Å². The lowest BCUT2D eigenvalue weighted by Crippen LogP contribution is -2.23. The highest BCUT2D eigenvalue weighted by molar-refractivity contribution is 4.74. The first-order valence-corrected chi connectivity index (χ1v) is 11.7. The zero-order chi connectivity index (χ0) is 19.4. The maximum atomic E-state index is 2.50. The van der Waals surface area contributed by atoms with E-state index in [4.69, 9.17) is 0 Å². The van der Waals surface area contributed by atoms with Crippen molar-refractivity contribution in [3.05, 3.63) is 0 Å². The Morgan fingerprint density at radius 3 is 1.56 bits per heavy atom. The van der Waals surface area contributed by atoms with Crippen LogP contribution in [-0.4, -0.2) is 0 Å². The molecule has 0 aromatic carbocycles. The van der Waals surface area contributed by atoms with Crippen LogP contribution < -0.4 is 0 Å². The van der Waals surface area contributed by atoms with E-state index in [2.05, 4.69) is 62.3 Å². The van der Waals surface area contributed by atoms with Crippen molar-refractivity contribution < 1.29 is 0 Å². The molecule has 0 bridgehead atoms. The van der Waals surface area contributed by atoms with Gasteiger partial charge in [-0.2, -0.15) is 0 Å². The Balaban J connectivity index is 3.86. The third kappa shape index (κ3) is 11.3. The molecule has 6 atom stereocenters. The summed E-state index contributed by atoms with van der Waals surface area (Å²) in [5, 5.41) is 0. The zero-order valence-corrected chi connectivity index (χ0v) is 19.4. The standard InChI is InChI=1S/C25H52/c1-10-20(4)16-14-12-11-13-15-17-21(5)22(6)18-23(7)25(9)24(8)19(2)3/h19-25H,10-18H2,1-9H3. The molecule has 0 aliphatic rings. The molecule has 0 aliphatic carbocycles. The molecule has 0 radical (unpaired) electrons. The maximum Gasteiger partial charge on any atom is -0.0389 e. The molecule has 0 saturated carbocycles. The largest absolute Gasteiger partial charge is 0.0651 e. The van der Waals surface area contributed by atoms with Gasteiger partial charge >= 0.3 is 0 Å². The van der Waals surface area contributed by atoms with Crippen LogP contribution in [0.2, 0.25) is 0 Å². The van der Waals surface area contributed by atoms with Crippen LogP contribution in [0.1, 0.15) is 120 Å². The molecule has 25 heavy (non-hydrogen) atoms. The van der Waals surface area contributed by atoms with Crippen molar-refractivity contribution in [2.24, 2.45) is 41.4 Å². The van der Waals surface area contributed by atoms with Crippen molar-refractivity contribution in [3.63, 3.8) is 0 Å². The summed E-state index contributed by atoms with van der Waals surface area (Å²) in [6.45, 7) is 21.9. The minimum Gasteiger partial charge on any atom is -0.0651 e. The predicted molar refractivity (Wildman–Crippen MR) is 117 cm³/mol. The highest BCUT2D eigenvalue weighted by atomic mass is 14.3. The van der Waals surface area contributed by atoms with E-state index in [0.29, 0.717) is 0 Å². The smallest absolute Gasteiger partial charge is 0.0389 e. The average Bonchev–Trinajstić information content (AvgIpc) is 2.58. The molecule has 0 nitrogen and oxygen atoms in total. The molecule has 0 aliphatic heterocycles. The summed E-state index contributed by atoms with van der Waals surface area (Å²) in [4.78, 5) is 0. The van der Waals surface area contributed by atoms with Crippen molar-refractivity contribution in [2.45, 2.75) is 120 Å². The second-order valence-corrected chi connectivity index (χ2v) is 9.99. The lowest BCUT2D eigenvalue weighted by Gasteiger charge is -2.32. The van der Waals surface area contributed by atoms with Gasteiger partial charge in [-0.15, -0.1) is 0 Å². The van der Waals surface area contributed by atoms with E-state index in [1.54, 1.807) is 0 Å². The van der Waals surface area contributed by atoms with Crippen molar-refractivity contribution in [1.29, 1.82) is 0 Å². The van der Waals surface area contributed by atoms with Crippen LogP contribution in [0.25, 0.3) is 0 Å². The van der Waals surface area contributed by atoms with Crippen molar-refractivity contribution >= 4 is 0 Å². The van der Waals surface area contributed by atoms with Crippen LogP contribution in [0, 0.1) is 41.4 Å². The Hall–Kier alpha value is 0. The molecule has 6 unspecified atom stereocenters. The first-order chi connectivity index (χ1) is 11.7. The summed E-state index contributed by atoms with van der Waals surface area (Å²) in [6.07, 6.45) is 12.9. The predicted octanol–water partition coefficient (Wildman–Crippen LogP) is 8.99. The van der Waals surface area contributed by atoms with E-state index in [1.165, 1.54) is 57.8 Å². The third-order valence-electron chi connectivity index (χ3n) is 7.55. The van der Waals surface area contributed by atoms with E-state index < -0.39 is 0 Å². The number of unbranched alkanes of at least 4 members (excludes halogenated alkanes) is 4. The number of rotatable bonds is 15. The average molecular weight is 353 g/mol. The number of hydrogen-bond donors (Lipinski definition) is 0. The summed E-state index contributed by atoms with van der Waals surface area (Å²) in [5.74, 6) is 6.06. The normalized spacial score (nSPS) is 19.4. The minimum absolute atomic E-state index is 0.811. The quantitative estimate of drug-likeness (QED) is 0.258. The molecule has 0 spiro atoms. The van der Waals surface area contributed by atoms with Gasteiger partial charge in [0.25, 0.3) is 0 Å². The van der Waals surface area contributed by atoms with Crippen LogP contribution >= 0.6 is 0 Å². The van der Waals surface area contributed by atoms with E-state index >= 15 is 0 Å². The summed E-state index contributed by atoms with van der Waals surface area (Å²) >= 11 is 0. The Morgan fingerprint density at radius 1 is 0.520 bits per heavy atom. The van der Waals surface area contributed by atoms with Gasteiger partial charge < -0.3 is 0 Å². The number of hydrogen-bond acceptors (Lipinski definition) is 0. The monoisotopic (exact) mass is 352 g/mol. The fourth-order valence-corrected chi connectivity index (χ4v) is 4.14. The Kier molecular flexibility index (Phi) is 14.1. The Morgan fingerprint density at radius 2 is 1.04 bits per heavy atom. The topological polar surface area (TPSA) is 0 Å². The van der Waals surface area contributed by atoms with E-state index in [0.717, 1.165) is 41.4 Å². The van der Waals surface area contributed by atoms with Crippen LogP contribution in [0.5, 0.6) is 0 Å². The highest BCUT2D eigenvalue weighted by Gasteiger charge is 2.24. The van der Waals surface area contributed by atoms with Gasteiger partial charge in [0.1, 0.15) is 0 Å². The van der Waals surface area contributed by atoms with Gasteiger partial charge in [-0.05, 0) is 47.8 Å². The molecule has 0 saturated heterocycles. The first-order valence-electron chi connectivity index (χ1n) is 11.7. The molecule has 0 rings (SSSR count). The Labute approximate surface area is 161 Å². The van der Waals surface area contributed by atoms with Crippen LogP contribution in [-0.2, 0) is 0 Å². The van der Waals surface area contributed by atoms with Crippen molar-refractivity contribution in [3.8, 4) is 0 Å². The zero-order valence-electron chi connectivity index (χ0n) is 19.4. The molecule has 0 amide bonds. The summed E-state index contributed by atoms with van der Waals surface area (Å²) in [7, 11) is 0. The molecular weight excluding hydrogens is 300 g/mol. The molecule has 0 aromatic rings. The molecule has 0 aromatic heterocycles. The Bertz CT molecular complexity index is 292. The lowest BCUT2D eigenvalue weighted by atomic mass is 9.74. The van der Waals surface area contributed by atoms with Gasteiger partial charge in [0.05, 0.1) is 0 Å². The van der Waals surface area contributed by atoms with Gasteiger partial charge in [-0.1, -0.05) is 114 Å². The SMILES string of the molecule is CCC(C)CCCCCCCC(C)C(C)CC(C)C(C)C(C)C(C)C. The minimum atomic E-state index is 0.811. The molecule has 0 heterocycles. The van der Waals surface area contributed by atoms with Crippen LogP contribution in [0.15, 0.2) is 0 Å². The van der Waals surface area contributed by atoms with E-state index in [9.17, 15) is 0 Å². The third-order valence-corrected chi connectivity index (χ3v) is 7.55. The second kappa shape index (κ2) is 14.1. The highest BCUT2D eigenvalue weighted by Crippen LogP contribution is 2.33. The summed E-state index contributed by atoms with van der Waals surface area (Å²) in [5.41, 5.74) is 0. The first kappa shape index (κ1) is 25.0. The summed E-state index contributed by atoms with van der Waals surface area (Å²) in [6, 6.07) is 0. The molecule has 0 fully saturated rings. The maximum absolute atomic E-state index is 2.50. The van der Waals surface area contributed by atoms with E-state index in [-0.39, 0.29) is 0 Å². The lowest BCUT2D eigenvalue weighted by molar-refractivity contribution is 0.179. The van der Waals surface area contributed by atoms with Gasteiger partial charge in [-0.25, -0.2) is 0 Å². The van der Waals surface area contributed by atoms with Gasteiger partial charge in [-0.3, -0.25) is 0 Å². The molecular formula is C25H52. The van der Waals surface area contributed by atoms with Crippen molar-refractivity contribution in [1.82, 2.24) is 0 Å². The van der Waals surface area contributed by atoms with Gasteiger partial charge in [0, 0.05) is 0 Å².